The third-order valence-corrected chi connectivity index (χ3v) is 12.9. The Morgan fingerprint density at radius 2 is 1.91 bits per heavy atom. The average Bonchev–Trinajstić information content (AvgIpc) is 3.73. The van der Waals surface area contributed by atoms with Crippen molar-refractivity contribution in [2.75, 3.05) is 36.9 Å². The van der Waals surface area contributed by atoms with E-state index in [1.165, 1.54) is 23.1 Å². The van der Waals surface area contributed by atoms with Gasteiger partial charge in [0.15, 0.2) is 5.82 Å². The molecule has 2 bridgehead atoms. The molecule has 4 aromatic rings. The summed E-state index contributed by atoms with van der Waals surface area (Å²) in [5.74, 6) is -1.64. The number of piperazine rings is 1. The number of anilines is 2. The molecule has 56 heavy (non-hydrogen) atoms. The Balaban J connectivity index is 1.26. The van der Waals surface area contributed by atoms with Gasteiger partial charge in [-0.1, -0.05) is 25.8 Å². The van der Waals surface area contributed by atoms with Crippen LogP contribution in [0.5, 0.6) is 6.01 Å². The summed E-state index contributed by atoms with van der Waals surface area (Å²) >= 11 is 0. The molecule has 0 radical (unpaired) electrons. The molecule has 294 valence electrons. The van der Waals surface area contributed by atoms with E-state index < -0.39 is 58.8 Å². The number of carbonyl (C=O) groups is 1. The number of nitrogens with two attached hydrogens (primary N) is 1. The zero-order valence-corrected chi connectivity index (χ0v) is 32.1. The Hall–Kier alpha value is -4.90. The third-order valence-electron chi connectivity index (χ3n) is 12.9. The summed E-state index contributed by atoms with van der Waals surface area (Å²) in [4.78, 5) is 33.5. The van der Waals surface area contributed by atoms with Crippen molar-refractivity contribution < 1.29 is 31.8 Å². The van der Waals surface area contributed by atoms with Gasteiger partial charge in [-0.25, -0.2) is 27.3 Å². The lowest BCUT2D eigenvalue weighted by Crippen LogP contribution is -2.68. The zero-order valence-electron chi connectivity index (χ0n) is 32.1. The van der Waals surface area contributed by atoms with Crippen molar-refractivity contribution >= 4 is 39.3 Å². The second-order valence-electron chi connectivity index (χ2n) is 17.5. The molecule has 4 fully saturated rings. The van der Waals surface area contributed by atoms with Crippen molar-refractivity contribution in [3.8, 4) is 29.6 Å². The average molecular weight is 772 g/mol. The standard InChI is InChI=1S/C42H45F4N7O3/c1-7-26-28(44)10-9-23-15-25(47)16-27(30(23)26)34-32(45)35-31-33(48-34)21(2)22(3)36-29-11-13-42(46,53(29)39(54)56-40(4,5)6)19-52(36)37(31)50-38(49-35)55-20-41-12-8-14-51(41)18-24(43)17-41/h1,9-10,15-16,21-22,24,29,36H,8,11-14,17-20,47H2,2-6H3/t21-,22+,24-,29+,36+,41+,42-/m1/s1. The van der Waals surface area contributed by atoms with E-state index in [-0.39, 0.29) is 76.1 Å². The van der Waals surface area contributed by atoms with E-state index in [0.717, 1.165) is 19.4 Å². The van der Waals surface area contributed by atoms with E-state index in [9.17, 15) is 9.18 Å². The molecule has 7 heterocycles. The summed E-state index contributed by atoms with van der Waals surface area (Å²) in [7, 11) is 0. The van der Waals surface area contributed by atoms with Gasteiger partial charge in [-0.15, -0.1) is 6.42 Å². The molecule has 2 aromatic carbocycles. The van der Waals surface area contributed by atoms with E-state index in [2.05, 4.69) is 10.8 Å². The Bertz CT molecular complexity index is 2370. The van der Waals surface area contributed by atoms with Crippen LogP contribution in [-0.2, 0) is 4.74 Å². The van der Waals surface area contributed by atoms with Gasteiger partial charge in [-0.2, -0.15) is 9.97 Å². The van der Waals surface area contributed by atoms with Gasteiger partial charge in [-0.3, -0.25) is 9.80 Å². The highest BCUT2D eigenvalue weighted by Gasteiger charge is 2.62. The summed E-state index contributed by atoms with van der Waals surface area (Å²) < 4.78 is 77.1. The van der Waals surface area contributed by atoms with Gasteiger partial charge in [-0.05, 0) is 76.1 Å². The molecule has 14 heteroatoms. The lowest BCUT2D eigenvalue weighted by molar-refractivity contribution is -0.0619. The monoisotopic (exact) mass is 771 g/mol. The molecule has 10 nitrogen and oxygen atoms in total. The van der Waals surface area contributed by atoms with Crippen LogP contribution in [0.25, 0.3) is 32.9 Å². The molecule has 9 rings (SSSR count). The fourth-order valence-electron chi connectivity index (χ4n) is 10.4. The van der Waals surface area contributed by atoms with Crippen LogP contribution in [0.2, 0.25) is 0 Å². The van der Waals surface area contributed by atoms with Crippen LogP contribution in [0.4, 0.5) is 33.9 Å². The highest BCUT2D eigenvalue weighted by Crippen LogP contribution is 2.53. The first-order valence-corrected chi connectivity index (χ1v) is 19.4. The molecule has 1 amide bonds. The number of hydrogen-bond donors (Lipinski definition) is 1. The summed E-state index contributed by atoms with van der Waals surface area (Å²) in [6, 6.07) is 4.68. The second-order valence-corrected chi connectivity index (χ2v) is 17.5. The number of halogens is 4. The Morgan fingerprint density at radius 3 is 2.66 bits per heavy atom. The van der Waals surface area contributed by atoms with Crippen LogP contribution in [0.3, 0.4) is 0 Å². The maximum Gasteiger partial charge on any atom is 0.413 e. The molecule has 2 N–H and O–H groups in total. The third kappa shape index (κ3) is 5.47. The van der Waals surface area contributed by atoms with Crippen LogP contribution >= 0.6 is 0 Å². The number of terminal acetylenes is 1. The largest absolute Gasteiger partial charge is 0.461 e. The normalized spacial score (nSPS) is 29.7. The molecular formula is C42H45F4N7O3. The van der Waals surface area contributed by atoms with Crippen molar-refractivity contribution in [2.45, 2.75) is 108 Å². The lowest BCUT2D eigenvalue weighted by Gasteiger charge is -2.51. The maximum atomic E-state index is 17.6. The molecule has 0 aliphatic carbocycles. The Labute approximate surface area is 322 Å². The molecule has 2 aromatic heterocycles. The number of amides is 1. The fraction of sp³-hybridized carbons (Fsp3) is 0.524. The van der Waals surface area contributed by atoms with Crippen molar-refractivity contribution in [1.29, 1.82) is 0 Å². The number of hydrogen-bond acceptors (Lipinski definition) is 9. The van der Waals surface area contributed by atoms with Gasteiger partial charge in [0.1, 0.15) is 41.2 Å². The first-order chi connectivity index (χ1) is 26.5. The van der Waals surface area contributed by atoms with Gasteiger partial charge in [0, 0.05) is 41.9 Å². The number of benzene rings is 2. The van der Waals surface area contributed by atoms with Gasteiger partial charge in [0.05, 0.1) is 40.8 Å². The van der Waals surface area contributed by atoms with Crippen molar-refractivity contribution in [1.82, 2.24) is 24.8 Å². The molecule has 0 unspecified atom stereocenters. The fourth-order valence-corrected chi connectivity index (χ4v) is 10.4. The maximum absolute atomic E-state index is 17.6. The number of carbonyl (C=O) groups excluding carboxylic acids is 1. The van der Waals surface area contributed by atoms with Crippen LogP contribution in [0, 0.1) is 29.9 Å². The van der Waals surface area contributed by atoms with E-state index >= 15 is 13.2 Å². The van der Waals surface area contributed by atoms with E-state index in [0.29, 0.717) is 30.5 Å². The lowest BCUT2D eigenvalue weighted by atomic mass is 9.81. The molecule has 5 aliphatic rings. The summed E-state index contributed by atoms with van der Waals surface area (Å²) in [5.41, 5.74) is 5.54. The minimum atomic E-state index is -2.11. The van der Waals surface area contributed by atoms with Gasteiger partial charge < -0.3 is 20.1 Å². The smallest absolute Gasteiger partial charge is 0.413 e. The number of aromatic nitrogens is 3. The molecular weight excluding hydrogens is 726 g/mol. The number of alkyl halides is 2. The highest BCUT2D eigenvalue weighted by atomic mass is 19.2. The van der Waals surface area contributed by atoms with E-state index in [4.69, 9.17) is 36.6 Å². The Morgan fingerprint density at radius 1 is 1.12 bits per heavy atom. The first kappa shape index (κ1) is 36.7. The quantitative estimate of drug-likeness (QED) is 0.0969. The van der Waals surface area contributed by atoms with E-state index in [1.54, 1.807) is 26.8 Å². The van der Waals surface area contributed by atoms with Crippen molar-refractivity contribution in [2.24, 2.45) is 5.92 Å². The number of ether oxygens (including phenoxy) is 2. The topological polar surface area (TPSA) is 110 Å². The SMILES string of the molecule is C#Cc1c(F)ccc2cc(N)cc(-c3nc4c5c(nc(OC[C@@]67CCCN6C[C@H](F)C7)nc5c3F)N3C[C@@]5(F)CC[C@@H]([C@@H]3[C@@H](C)[C@H]4C)N5C(=O)OC(C)(C)C)c12. The van der Waals surface area contributed by atoms with Gasteiger partial charge >= 0.3 is 12.1 Å². The van der Waals surface area contributed by atoms with Gasteiger partial charge in [0.25, 0.3) is 0 Å². The van der Waals surface area contributed by atoms with Crippen LogP contribution in [0.1, 0.15) is 83.9 Å². The van der Waals surface area contributed by atoms with Gasteiger partial charge in [0.2, 0.25) is 5.79 Å². The summed E-state index contributed by atoms with van der Waals surface area (Å²) in [6.45, 7) is 10.1. The number of nitrogen functional groups attached to an aromatic ring is 1. The van der Waals surface area contributed by atoms with Crippen LogP contribution in [0.15, 0.2) is 24.3 Å². The van der Waals surface area contributed by atoms with E-state index in [1.807, 2.05) is 18.7 Å². The zero-order chi connectivity index (χ0) is 39.6. The predicted octanol–water partition coefficient (Wildman–Crippen LogP) is 7.65. The minimum Gasteiger partial charge on any atom is -0.461 e. The molecule has 0 saturated carbocycles. The predicted molar refractivity (Wildman–Crippen MR) is 205 cm³/mol. The minimum absolute atomic E-state index is 0.0646. The summed E-state index contributed by atoms with van der Waals surface area (Å²) in [5, 5.41) is 1.06. The van der Waals surface area contributed by atoms with Crippen molar-refractivity contribution in [3.63, 3.8) is 0 Å². The molecule has 4 saturated heterocycles. The number of fused-ring (bicyclic) bond motifs is 7. The Kier molecular flexibility index (Phi) is 8.23. The second kappa shape index (κ2) is 12.6. The number of pyridine rings is 1. The molecule has 7 atom stereocenters. The van der Waals surface area contributed by atoms with Crippen LogP contribution in [-0.4, -0.2) is 92.3 Å². The first-order valence-electron chi connectivity index (χ1n) is 19.4. The molecule has 0 spiro atoms. The highest BCUT2D eigenvalue weighted by molar-refractivity contribution is 6.04. The van der Waals surface area contributed by atoms with Crippen LogP contribution < -0.4 is 15.4 Å². The number of nitrogens with zero attached hydrogens (tertiary/aromatic N) is 6. The number of rotatable bonds is 4. The summed E-state index contributed by atoms with van der Waals surface area (Å²) in [6.07, 6.45) is 6.46. The van der Waals surface area contributed by atoms with Crippen molar-refractivity contribution in [3.05, 3.63) is 47.2 Å². The molecule has 5 aliphatic heterocycles.